The van der Waals surface area contributed by atoms with E-state index in [2.05, 4.69) is 37.2 Å². The molecule has 17 heavy (non-hydrogen) atoms. The molecule has 1 fully saturated rings. The van der Waals surface area contributed by atoms with Crippen LogP contribution >= 0.6 is 31.9 Å². The third-order valence-electron chi connectivity index (χ3n) is 3.29. The molecule has 0 saturated heterocycles. The fraction of sp³-hybridized carbons (Fsp3) is 0.583. The Balaban J connectivity index is 2.00. The van der Waals surface area contributed by atoms with Crippen LogP contribution in [0.1, 0.15) is 36.0 Å². The molecule has 0 radical (unpaired) electrons. The van der Waals surface area contributed by atoms with E-state index in [0.29, 0.717) is 16.2 Å². The van der Waals surface area contributed by atoms with Crippen molar-refractivity contribution in [1.82, 2.24) is 5.32 Å². The van der Waals surface area contributed by atoms with Crippen LogP contribution in [-0.4, -0.2) is 17.3 Å². The number of hydrogen-bond donors (Lipinski definition) is 1. The van der Waals surface area contributed by atoms with Gasteiger partial charge in [-0.3, -0.25) is 4.79 Å². The molecule has 94 valence electrons. The SMILES string of the molecule is O=C(NC1CCCCC1CBr)c1ccoc1Br. The molecular formula is C12H15Br2NO2. The van der Waals surface area contributed by atoms with Gasteiger partial charge in [0.1, 0.15) is 0 Å². The van der Waals surface area contributed by atoms with Crippen LogP contribution in [0.25, 0.3) is 0 Å². The predicted octanol–water partition coefficient (Wildman–Crippen LogP) is 3.73. The third-order valence-corrected chi connectivity index (χ3v) is 4.73. The average molecular weight is 365 g/mol. The maximum atomic E-state index is 12.0. The van der Waals surface area contributed by atoms with Crippen molar-refractivity contribution in [3.8, 4) is 0 Å². The van der Waals surface area contributed by atoms with Gasteiger partial charge in [0.05, 0.1) is 11.8 Å². The quantitative estimate of drug-likeness (QED) is 0.830. The van der Waals surface area contributed by atoms with Gasteiger partial charge in [-0.1, -0.05) is 28.8 Å². The summed E-state index contributed by atoms with van der Waals surface area (Å²) >= 11 is 6.75. The van der Waals surface area contributed by atoms with Crippen LogP contribution in [0.15, 0.2) is 21.4 Å². The van der Waals surface area contributed by atoms with Gasteiger partial charge in [-0.05, 0) is 40.8 Å². The highest BCUT2D eigenvalue weighted by Gasteiger charge is 2.26. The van der Waals surface area contributed by atoms with E-state index >= 15 is 0 Å². The molecule has 0 bridgehead atoms. The number of alkyl halides is 1. The Morgan fingerprint density at radius 2 is 2.24 bits per heavy atom. The van der Waals surface area contributed by atoms with Crippen LogP contribution in [0.3, 0.4) is 0 Å². The van der Waals surface area contributed by atoms with Crippen LogP contribution in [0.4, 0.5) is 0 Å². The maximum Gasteiger partial charge on any atom is 0.255 e. The molecule has 1 N–H and O–H groups in total. The largest absolute Gasteiger partial charge is 0.457 e. The molecule has 1 aromatic rings. The van der Waals surface area contributed by atoms with E-state index in [1.807, 2.05) is 0 Å². The van der Waals surface area contributed by atoms with E-state index in [0.717, 1.165) is 11.8 Å². The molecule has 3 nitrogen and oxygen atoms in total. The number of furan rings is 1. The second-order valence-electron chi connectivity index (χ2n) is 4.39. The smallest absolute Gasteiger partial charge is 0.255 e. The van der Waals surface area contributed by atoms with E-state index in [4.69, 9.17) is 4.42 Å². The maximum absolute atomic E-state index is 12.0. The van der Waals surface area contributed by atoms with E-state index < -0.39 is 0 Å². The minimum atomic E-state index is -0.0523. The third kappa shape index (κ3) is 3.13. The predicted molar refractivity (Wildman–Crippen MR) is 73.4 cm³/mol. The number of halogens is 2. The normalized spacial score (nSPS) is 24.6. The summed E-state index contributed by atoms with van der Waals surface area (Å²) in [6, 6.07) is 1.96. The van der Waals surface area contributed by atoms with Crippen LogP contribution < -0.4 is 5.32 Å². The van der Waals surface area contributed by atoms with Gasteiger partial charge in [-0.2, -0.15) is 0 Å². The molecule has 1 aromatic heterocycles. The van der Waals surface area contributed by atoms with Crippen LogP contribution in [0.5, 0.6) is 0 Å². The van der Waals surface area contributed by atoms with Gasteiger partial charge < -0.3 is 9.73 Å². The zero-order chi connectivity index (χ0) is 12.3. The summed E-state index contributed by atoms with van der Waals surface area (Å²) in [6.07, 6.45) is 6.22. The highest BCUT2D eigenvalue weighted by atomic mass is 79.9. The molecule has 0 aromatic carbocycles. The van der Waals surface area contributed by atoms with Crippen LogP contribution in [-0.2, 0) is 0 Å². The lowest BCUT2D eigenvalue weighted by Gasteiger charge is -2.30. The second-order valence-corrected chi connectivity index (χ2v) is 5.75. The summed E-state index contributed by atoms with van der Waals surface area (Å²) in [7, 11) is 0. The Hall–Kier alpha value is -0.290. The Labute approximate surface area is 118 Å². The summed E-state index contributed by atoms with van der Waals surface area (Å²) in [5.41, 5.74) is 0.573. The minimum absolute atomic E-state index is 0.0523. The molecule has 0 spiro atoms. The number of carbonyl (C=O) groups is 1. The first-order valence-electron chi connectivity index (χ1n) is 5.82. The summed E-state index contributed by atoms with van der Waals surface area (Å²) in [6.45, 7) is 0. The van der Waals surface area contributed by atoms with Crippen molar-refractivity contribution in [2.45, 2.75) is 31.7 Å². The fourth-order valence-electron chi connectivity index (χ4n) is 2.28. The average Bonchev–Trinajstić information content (AvgIpc) is 2.76. The van der Waals surface area contributed by atoms with Crippen molar-refractivity contribution in [2.24, 2.45) is 5.92 Å². The van der Waals surface area contributed by atoms with Gasteiger partial charge in [-0.15, -0.1) is 0 Å². The van der Waals surface area contributed by atoms with Crippen molar-refractivity contribution in [1.29, 1.82) is 0 Å². The van der Waals surface area contributed by atoms with Crippen LogP contribution in [0, 0.1) is 5.92 Å². The monoisotopic (exact) mass is 363 g/mol. The number of nitrogens with one attached hydrogen (secondary N) is 1. The first-order valence-corrected chi connectivity index (χ1v) is 7.73. The topological polar surface area (TPSA) is 42.2 Å². The number of rotatable bonds is 3. The van der Waals surface area contributed by atoms with Gasteiger partial charge in [0.2, 0.25) is 0 Å². The van der Waals surface area contributed by atoms with E-state index in [9.17, 15) is 4.79 Å². The lowest BCUT2D eigenvalue weighted by atomic mass is 9.86. The summed E-state index contributed by atoms with van der Waals surface area (Å²) in [5, 5.41) is 4.05. The first-order chi connectivity index (χ1) is 8.22. The van der Waals surface area contributed by atoms with Crippen LogP contribution in [0.2, 0.25) is 0 Å². The number of carbonyl (C=O) groups excluding carboxylic acids is 1. The van der Waals surface area contributed by atoms with Crippen molar-refractivity contribution >= 4 is 37.8 Å². The molecule has 1 aliphatic carbocycles. The Morgan fingerprint density at radius 3 is 2.88 bits per heavy atom. The Bertz CT molecular complexity index is 392. The minimum Gasteiger partial charge on any atom is -0.457 e. The van der Waals surface area contributed by atoms with Crippen molar-refractivity contribution in [3.05, 3.63) is 22.6 Å². The molecule has 0 aliphatic heterocycles. The van der Waals surface area contributed by atoms with E-state index in [-0.39, 0.29) is 11.9 Å². The van der Waals surface area contributed by atoms with Gasteiger partial charge in [0.25, 0.3) is 5.91 Å². The zero-order valence-corrected chi connectivity index (χ0v) is 12.6. The van der Waals surface area contributed by atoms with Crippen molar-refractivity contribution in [2.75, 3.05) is 5.33 Å². The lowest BCUT2D eigenvalue weighted by Crippen LogP contribution is -2.42. The summed E-state index contributed by atoms with van der Waals surface area (Å²) in [5.74, 6) is 0.488. The molecule has 1 saturated carbocycles. The van der Waals surface area contributed by atoms with Gasteiger partial charge >= 0.3 is 0 Å². The zero-order valence-electron chi connectivity index (χ0n) is 9.42. The fourth-order valence-corrected chi connectivity index (χ4v) is 3.48. The first kappa shape index (κ1) is 13.1. The second kappa shape index (κ2) is 6.05. The molecule has 5 heteroatoms. The lowest BCUT2D eigenvalue weighted by molar-refractivity contribution is 0.0910. The molecule has 2 atom stereocenters. The standard InChI is InChI=1S/C12H15Br2NO2/c13-7-8-3-1-2-4-10(8)15-12(16)9-5-6-17-11(9)14/h5-6,8,10H,1-4,7H2,(H,15,16). The molecule has 1 amide bonds. The summed E-state index contributed by atoms with van der Waals surface area (Å²) < 4.78 is 5.58. The summed E-state index contributed by atoms with van der Waals surface area (Å²) in [4.78, 5) is 12.0. The Morgan fingerprint density at radius 1 is 1.47 bits per heavy atom. The Kier molecular flexibility index (Phi) is 4.68. The van der Waals surface area contributed by atoms with Crippen molar-refractivity contribution < 1.29 is 9.21 Å². The molecule has 2 unspecified atom stereocenters. The molecule has 2 rings (SSSR count). The van der Waals surface area contributed by atoms with Crippen molar-refractivity contribution in [3.63, 3.8) is 0 Å². The van der Waals surface area contributed by atoms with Gasteiger partial charge in [0.15, 0.2) is 4.67 Å². The molecular weight excluding hydrogens is 350 g/mol. The highest BCUT2D eigenvalue weighted by molar-refractivity contribution is 9.10. The highest BCUT2D eigenvalue weighted by Crippen LogP contribution is 2.26. The molecule has 1 aliphatic rings. The number of hydrogen-bond acceptors (Lipinski definition) is 2. The number of amides is 1. The van der Waals surface area contributed by atoms with Gasteiger partial charge in [0, 0.05) is 11.4 Å². The molecule has 1 heterocycles. The van der Waals surface area contributed by atoms with E-state index in [1.165, 1.54) is 25.5 Å². The van der Waals surface area contributed by atoms with E-state index in [1.54, 1.807) is 6.07 Å². The van der Waals surface area contributed by atoms with Gasteiger partial charge in [-0.25, -0.2) is 0 Å².